The normalized spacial score (nSPS) is 11.1. The van der Waals surface area contributed by atoms with Gasteiger partial charge in [0.05, 0.1) is 17.6 Å². The number of aromatic nitrogens is 1. The molecule has 1 N–H and O–H groups in total. The summed E-state index contributed by atoms with van der Waals surface area (Å²) < 4.78 is 4.08. The molecule has 0 atom stereocenters. The second-order valence-electron chi connectivity index (χ2n) is 8.09. The standard InChI is InChI=1S/C30H21Br2N3O/c31-25-14-16-27(17-15-25)35-28(21-8-3-1-4-9-21)19-24(29(35)22-10-5-2-6-11-22)20-33-34-30(36)23-12-7-13-26(32)18-23/h1-20H,(H,34,36)/b33-20+. The molecule has 4 nitrogen and oxygen atoms in total. The van der Waals surface area contributed by atoms with E-state index in [0.717, 1.165) is 42.7 Å². The highest BCUT2D eigenvalue weighted by molar-refractivity contribution is 9.10. The average Bonchev–Trinajstić information content (AvgIpc) is 3.29. The van der Waals surface area contributed by atoms with Gasteiger partial charge in [0.25, 0.3) is 5.91 Å². The van der Waals surface area contributed by atoms with E-state index in [1.165, 1.54) is 0 Å². The number of nitrogens with one attached hydrogen (secondary N) is 1. The average molecular weight is 599 g/mol. The number of hydrogen-bond acceptors (Lipinski definition) is 2. The van der Waals surface area contributed by atoms with Crippen LogP contribution in [0.4, 0.5) is 0 Å². The molecule has 0 bridgehead atoms. The fourth-order valence-corrected chi connectivity index (χ4v) is 4.72. The minimum absolute atomic E-state index is 0.274. The highest BCUT2D eigenvalue weighted by Crippen LogP contribution is 2.35. The smallest absolute Gasteiger partial charge is 0.271 e. The Morgan fingerprint density at radius 2 is 1.39 bits per heavy atom. The zero-order chi connectivity index (χ0) is 24.9. The van der Waals surface area contributed by atoms with Gasteiger partial charge in [-0.25, -0.2) is 5.43 Å². The summed E-state index contributed by atoms with van der Waals surface area (Å²) in [6.07, 6.45) is 1.71. The molecule has 0 fully saturated rings. The maximum atomic E-state index is 12.6. The molecule has 176 valence electrons. The van der Waals surface area contributed by atoms with Crippen molar-refractivity contribution in [2.45, 2.75) is 0 Å². The summed E-state index contributed by atoms with van der Waals surface area (Å²) in [5.74, 6) is -0.274. The van der Waals surface area contributed by atoms with E-state index in [2.05, 4.69) is 89.4 Å². The Bertz CT molecular complexity index is 1530. The van der Waals surface area contributed by atoms with Crippen molar-refractivity contribution in [2.24, 2.45) is 5.10 Å². The van der Waals surface area contributed by atoms with Crippen LogP contribution in [0, 0.1) is 0 Å². The van der Waals surface area contributed by atoms with E-state index in [1.807, 2.05) is 60.7 Å². The predicted molar refractivity (Wildman–Crippen MR) is 154 cm³/mol. The molecule has 4 aromatic carbocycles. The Labute approximate surface area is 226 Å². The lowest BCUT2D eigenvalue weighted by Gasteiger charge is -2.15. The van der Waals surface area contributed by atoms with Crippen LogP contribution in [-0.4, -0.2) is 16.7 Å². The van der Waals surface area contributed by atoms with Gasteiger partial charge in [-0.1, -0.05) is 98.6 Å². The first kappa shape index (κ1) is 24.0. The topological polar surface area (TPSA) is 46.4 Å². The van der Waals surface area contributed by atoms with Crippen LogP contribution in [0.5, 0.6) is 0 Å². The highest BCUT2D eigenvalue weighted by atomic mass is 79.9. The van der Waals surface area contributed by atoms with Crippen molar-refractivity contribution in [3.05, 3.63) is 135 Å². The first-order valence-corrected chi connectivity index (χ1v) is 12.9. The van der Waals surface area contributed by atoms with Gasteiger partial charge < -0.3 is 4.57 Å². The number of amides is 1. The molecule has 0 aliphatic heterocycles. The second-order valence-corrected chi connectivity index (χ2v) is 9.92. The molecule has 0 spiro atoms. The molecule has 0 radical (unpaired) electrons. The molecule has 0 aliphatic rings. The number of benzene rings is 4. The summed E-state index contributed by atoms with van der Waals surface area (Å²) in [4.78, 5) is 12.6. The monoisotopic (exact) mass is 597 g/mol. The van der Waals surface area contributed by atoms with Crippen LogP contribution in [0.1, 0.15) is 15.9 Å². The number of hydrazone groups is 1. The van der Waals surface area contributed by atoms with Crippen LogP contribution in [0.25, 0.3) is 28.2 Å². The number of carbonyl (C=O) groups excluding carboxylic acids is 1. The first-order valence-electron chi connectivity index (χ1n) is 11.3. The Balaban J connectivity index is 1.63. The van der Waals surface area contributed by atoms with Gasteiger partial charge >= 0.3 is 0 Å². The molecule has 6 heteroatoms. The molecule has 1 aromatic heterocycles. The molecule has 0 unspecified atom stereocenters. The summed E-state index contributed by atoms with van der Waals surface area (Å²) in [5, 5.41) is 4.33. The molecular weight excluding hydrogens is 578 g/mol. The van der Waals surface area contributed by atoms with Gasteiger partial charge in [-0.15, -0.1) is 0 Å². The van der Waals surface area contributed by atoms with Crippen molar-refractivity contribution in [3.63, 3.8) is 0 Å². The summed E-state index contributed by atoms with van der Waals surface area (Å²) in [6, 6.07) is 38.0. The summed E-state index contributed by atoms with van der Waals surface area (Å²) in [6.45, 7) is 0. The van der Waals surface area contributed by atoms with Crippen LogP contribution >= 0.6 is 31.9 Å². The van der Waals surface area contributed by atoms with E-state index >= 15 is 0 Å². The number of hydrogen-bond donors (Lipinski definition) is 1. The van der Waals surface area contributed by atoms with E-state index in [9.17, 15) is 4.79 Å². The molecule has 36 heavy (non-hydrogen) atoms. The maximum absolute atomic E-state index is 12.6. The van der Waals surface area contributed by atoms with Crippen molar-refractivity contribution in [3.8, 4) is 28.2 Å². The minimum Gasteiger partial charge on any atom is -0.309 e. The SMILES string of the molecule is O=C(N/N=C/c1cc(-c2ccccc2)n(-c2ccc(Br)cc2)c1-c1ccccc1)c1cccc(Br)c1. The third-order valence-electron chi connectivity index (χ3n) is 5.69. The van der Waals surface area contributed by atoms with E-state index in [-0.39, 0.29) is 5.91 Å². The van der Waals surface area contributed by atoms with Crippen molar-refractivity contribution in [1.29, 1.82) is 0 Å². The first-order chi connectivity index (χ1) is 17.6. The van der Waals surface area contributed by atoms with Gasteiger partial charge in [0.2, 0.25) is 0 Å². The van der Waals surface area contributed by atoms with Crippen molar-refractivity contribution >= 4 is 44.0 Å². The van der Waals surface area contributed by atoms with Gasteiger partial charge in [0, 0.05) is 25.8 Å². The molecule has 1 amide bonds. The van der Waals surface area contributed by atoms with E-state index in [4.69, 9.17) is 0 Å². The quantitative estimate of drug-likeness (QED) is 0.156. The molecule has 5 rings (SSSR count). The lowest BCUT2D eigenvalue weighted by molar-refractivity contribution is 0.0955. The van der Waals surface area contributed by atoms with Crippen LogP contribution in [0.2, 0.25) is 0 Å². The number of rotatable bonds is 6. The predicted octanol–water partition coefficient (Wildman–Crippen LogP) is 8.10. The van der Waals surface area contributed by atoms with E-state index in [1.54, 1.807) is 18.3 Å². The van der Waals surface area contributed by atoms with E-state index < -0.39 is 0 Å². The van der Waals surface area contributed by atoms with Gasteiger partial charge in [-0.2, -0.15) is 5.10 Å². The van der Waals surface area contributed by atoms with Gasteiger partial charge in [0.15, 0.2) is 0 Å². The lowest BCUT2D eigenvalue weighted by atomic mass is 10.1. The Kier molecular flexibility index (Phi) is 7.26. The largest absolute Gasteiger partial charge is 0.309 e. The fraction of sp³-hybridized carbons (Fsp3) is 0. The zero-order valence-electron chi connectivity index (χ0n) is 19.1. The van der Waals surface area contributed by atoms with E-state index in [0.29, 0.717) is 5.56 Å². The summed E-state index contributed by atoms with van der Waals surface area (Å²) in [7, 11) is 0. The third kappa shape index (κ3) is 5.25. The Morgan fingerprint density at radius 1 is 0.722 bits per heavy atom. The number of carbonyl (C=O) groups is 1. The van der Waals surface area contributed by atoms with Crippen molar-refractivity contribution in [1.82, 2.24) is 9.99 Å². The van der Waals surface area contributed by atoms with Crippen LogP contribution in [0.15, 0.2) is 129 Å². The molecule has 0 saturated carbocycles. The van der Waals surface area contributed by atoms with Gasteiger partial charge in [-0.3, -0.25) is 4.79 Å². The van der Waals surface area contributed by atoms with Crippen LogP contribution < -0.4 is 5.43 Å². The van der Waals surface area contributed by atoms with Crippen molar-refractivity contribution < 1.29 is 4.79 Å². The molecule has 1 heterocycles. The van der Waals surface area contributed by atoms with Crippen molar-refractivity contribution in [2.75, 3.05) is 0 Å². The third-order valence-corrected chi connectivity index (χ3v) is 6.71. The molecule has 5 aromatic rings. The minimum atomic E-state index is -0.274. The fourth-order valence-electron chi connectivity index (χ4n) is 4.05. The van der Waals surface area contributed by atoms with Gasteiger partial charge in [-0.05, 0) is 59.7 Å². The summed E-state index contributed by atoms with van der Waals surface area (Å²) in [5.41, 5.74) is 9.23. The Morgan fingerprint density at radius 3 is 2.06 bits per heavy atom. The summed E-state index contributed by atoms with van der Waals surface area (Å²) >= 11 is 6.95. The Hall–Kier alpha value is -3.74. The van der Waals surface area contributed by atoms with Crippen LogP contribution in [-0.2, 0) is 0 Å². The molecular formula is C30H21Br2N3O. The second kappa shape index (κ2) is 10.9. The lowest BCUT2D eigenvalue weighted by Crippen LogP contribution is -2.17. The molecule has 0 saturated heterocycles. The van der Waals surface area contributed by atoms with Gasteiger partial charge in [0.1, 0.15) is 0 Å². The zero-order valence-corrected chi connectivity index (χ0v) is 22.3. The number of halogens is 2. The highest BCUT2D eigenvalue weighted by Gasteiger charge is 2.18. The number of nitrogens with zero attached hydrogens (tertiary/aromatic N) is 2. The van der Waals surface area contributed by atoms with Crippen LogP contribution in [0.3, 0.4) is 0 Å². The molecule has 0 aliphatic carbocycles. The maximum Gasteiger partial charge on any atom is 0.271 e.